The maximum absolute atomic E-state index is 13.2. The Morgan fingerprint density at radius 3 is 2.69 bits per heavy atom. The predicted octanol–water partition coefficient (Wildman–Crippen LogP) is 2.67. The third kappa shape index (κ3) is 6.75. The lowest BCUT2D eigenvalue weighted by molar-refractivity contribution is -0.127. The quantitative estimate of drug-likeness (QED) is 0.612. The normalized spacial score (nSPS) is 22.3. The minimum Gasteiger partial charge on any atom is -0.353 e. The third-order valence-corrected chi connectivity index (χ3v) is 6.82. The molecule has 0 radical (unpaired) electrons. The number of pyridine rings is 1. The van der Waals surface area contributed by atoms with Crippen LogP contribution in [-0.4, -0.2) is 71.4 Å². The van der Waals surface area contributed by atoms with Gasteiger partial charge in [0.05, 0.1) is 5.56 Å². The highest BCUT2D eigenvalue weighted by Crippen LogP contribution is 2.29. The van der Waals surface area contributed by atoms with E-state index >= 15 is 0 Å². The van der Waals surface area contributed by atoms with Gasteiger partial charge in [0, 0.05) is 51.2 Å². The van der Waals surface area contributed by atoms with Gasteiger partial charge in [0.15, 0.2) is 0 Å². The molecule has 178 valence electrons. The van der Waals surface area contributed by atoms with Crippen molar-refractivity contribution in [1.82, 2.24) is 20.1 Å². The fourth-order valence-electron chi connectivity index (χ4n) is 5.28. The molecular formula is C25H41N5O2. The molecule has 1 aromatic heterocycles. The summed E-state index contributed by atoms with van der Waals surface area (Å²) in [5.74, 6) is 1.10. The monoisotopic (exact) mass is 443 g/mol. The molecule has 1 saturated carbocycles. The van der Waals surface area contributed by atoms with Crippen LogP contribution in [0.2, 0.25) is 0 Å². The lowest BCUT2D eigenvalue weighted by atomic mass is 9.87. The van der Waals surface area contributed by atoms with Crippen LogP contribution in [0.25, 0.3) is 0 Å². The third-order valence-electron chi connectivity index (χ3n) is 6.82. The summed E-state index contributed by atoms with van der Waals surface area (Å²) in [5.41, 5.74) is 6.15. The van der Waals surface area contributed by atoms with Gasteiger partial charge in [-0.2, -0.15) is 0 Å². The summed E-state index contributed by atoms with van der Waals surface area (Å²) in [4.78, 5) is 34.8. The van der Waals surface area contributed by atoms with E-state index in [0.29, 0.717) is 43.6 Å². The number of nitrogens with two attached hydrogens (primary N) is 1. The van der Waals surface area contributed by atoms with Gasteiger partial charge in [0.25, 0.3) is 5.91 Å². The van der Waals surface area contributed by atoms with Crippen LogP contribution in [0.3, 0.4) is 0 Å². The number of nitrogens with one attached hydrogen (secondary N) is 1. The largest absolute Gasteiger partial charge is 0.353 e. The van der Waals surface area contributed by atoms with E-state index < -0.39 is 6.04 Å². The highest BCUT2D eigenvalue weighted by molar-refractivity contribution is 5.97. The highest BCUT2D eigenvalue weighted by Gasteiger charge is 2.39. The first-order chi connectivity index (χ1) is 15.5. The molecule has 2 amide bonds. The Morgan fingerprint density at radius 1 is 1.25 bits per heavy atom. The van der Waals surface area contributed by atoms with Gasteiger partial charge in [0.2, 0.25) is 5.91 Å². The van der Waals surface area contributed by atoms with E-state index in [1.54, 1.807) is 29.4 Å². The van der Waals surface area contributed by atoms with Crippen molar-refractivity contribution in [3.63, 3.8) is 0 Å². The molecule has 0 spiro atoms. The fraction of sp³-hybridized carbons (Fsp3) is 0.720. The SMILES string of the molecule is CC(C)CN(CC1CCCCC1)C1CCN(C(=O)c2cccnc2)[C@@H](C(=O)NCCN)C1. The van der Waals surface area contributed by atoms with E-state index in [9.17, 15) is 9.59 Å². The van der Waals surface area contributed by atoms with Crippen molar-refractivity contribution in [2.45, 2.75) is 70.9 Å². The molecule has 0 bridgehead atoms. The smallest absolute Gasteiger partial charge is 0.256 e. The van der Waals surface area contributed by atoms with Crippen LogP contribution >= 0.6 is 0 Å². The summed E-state index contributed by atoms with van der Waals surface area (Å²) < 4.78 is 0. The van der Waals surface area contributed by atoms with E-state index in [1.165, 1.54) is 32.1 Å². The molecule has 3 rings (SSSR count). The lowest BCUT2D eigenvalue weighted by Gasteiger charge is -2.44. The number of amides is 2. The van der Waals surface area contributed by atoms with Crippen LogP contribution in [0.5, 0.6) is 0 Å². The number of aromatic nitrogens is 1. The average molecular weight is 444 g/mol. The zero-order valence-corrected chi connectivity index (χ0v) is 19.8. The molecule has 2 heterocycles. The first-order valence-electron chi connectivity index (χ1n) is 12.4. The number of nitrogens with zero attached hydrogens (tertiary/aromatic N) is 3. The molecular weight excluding hydrogens is 402 g/mol. The van der Waals surface area contributed by atoms with Crippen molar-refractivity contribution in [1.29, 1.82) is 0 Å². The number of carbonyl (C=O) groups excluding carboxylic acids is 2. The number of rotatable bonds is 9. The minimum absolute atomic E-state index is 0.0976. The van der Waals surface area contributed by atoms with Crippen LogP contribution in [0.1, 0.15) is 69.2 Å². The second-order valence-corrected chi connectivity index (χ2v) is 9.87. The molecule has 1 unspecified atom stereocenters. The summed E-state index contributed by atoms with van der Waals surface area (Å²) >= 11 is 0. The predicted molar refractivity (Wildman–Crippen MR) is 127 cm³/mol. The number of carbonyl (C=O) groups is 2. The van der Waals surface area contributed by atoms with Crippen LogP contribution in [-0.2, 0) is 4.79 Å². The molecule has 0 aromatic carbocycles. The summed E-state index contributed by atoms with van der Waals surface area (Å²) in [6.07, 6.45) is 11.5. The van der Waals surface area contributed by atoms with E-state index in [2.05, 4.69) is 29.0 Å². The molecule has 1 aromatic rings. The summed E-state index contributed by atoms with van der Waals surface area (Å²) in [6, 6.07) is 3.36. The Kier molecular flexibility index (Phi) is 9.48. The highest BCUT2D eigenvalue weighted by atomic mass is 16.2. The molecule has 32 heavy (non-hydrogen) atoms. The van der Waals surface area contributed by atoms with Crippen molar-refractivity contribution in [3.05, 3.63) is 30.1 Å². The van der Waals surface area contributed by atoms with Crippen molar-refractivity contribution in [2.24, 2.45) is 17.6 Å². The number of hydrogen-bond acceptors (Lipinski definition) is 5. The van der Waals surface area contributed by atoms with Crippen molar-refractivity contribution in [2.75, 3.05) is 32.7 Å². The maximum Gasteiger partial charge on any atom is 0.256 e. The Morgan fingerprint density at radius 2 is 2.03 bits per heavy atom. The molecule has 3 N–H and O–H groups in total. The van der Waals surface area contributed by atoms with Gasteiger partial charge in [0.1, 0.15) is 6.04 Å². The molecule has 2 fully saturated rings. The summed E-state index contributed by atoms with van der Waals surface area (Å²) in [5, 5.41) is 2.93. The van der Waals surface area contributed by atoms with Crippen LogP contribution in [0.15, 0.2) is 24.5 Å². The van der Waals surface area contributed by atoms with Gasteiger partial charge < -0.3 is 16.0 Å². The number of piperidine rings is 1. The Labute approximate surface area is 193 Å². The van der Waals surface area contributed by atoms with E-state index in [-0.39, 0.29) is 11.8 Å². The van der Waals surface area contributed by atoms with Gasteiger partial charge in [-0.25, -0.2) is 0 Å². The zero-order valence-electron chi connectivity index (χ0n) is 19.8. The Bertz CT molecular complexity index is 720. The topological polar surface area (TPSA) is 91.6 Å². The van der Waals surface area contributed by atoms with Crippen molar-refractivity contribution < 1.29 is 9.59 Å². The van der Waals surface area contributed by atoms with Crippen LogP contribution < -0.4 is 11.1 Å². The lowest BCUT2D eigenvalue weighted by Crippen LogP contribution is -2.58. The Balaban J connectivity index is 1.76. The molecule has 1 saturated heterocycles. The van der Waals surface area contributed by atoms with Gasteiger partial charge in [-0.1, -0.05) is 33.1 Å². The molecule has 2 aliphatic rings. The molecule has 1 aliphatic carbocycles. The van der Waals surface area contributed by atoms with Gasteiger partial charge in [-0.3, -0.25) is 19.5 Å². The summed E-state index contributed by atoms with van der Waals surface area (Å²) in [6.45, 7) is 8.07. The van der Waals surface area contributed by atoms with Crippen LogP contribution in [0, 0.1) is 11.8 Å². The van der Waals surface area contributed by atoms with Gasteiger partial charge in [-0.05, 0) is 49.7 Å². The van der Waals surface area contributed by atoms with Gasteiger partial charge >= 0.3 is 0 Å². The maximum atomic E-state index is 13.2. The molecule has 1 aliphatic heterocycles. The van der Waals surface area contributed by atoms with Crippen LogP contribution in [0.4, 0.5) is 0 Å². The Hall–Kier alpha value is -1.99. The molecule has 7 nitrogen and oxygen atoms in total. The first kappa shape index (κ1) is 24.6. The average Bonchev–Trinajstić information content (AvgIpc) is 2.82. The van der Waals surface area contributed by atoms with E-state index in [1.807, 2.05) is 0 Å². The standard InChI is InChI=1S/C25H41N5O2/c1-19(2)17-29(18-20-7-4-3-5-8-20)22-10-14-30(23(15-22)24(31)28-13-11-26)25(32)21-9-6-12-27-16-21/h6,9,12,16,19-20,22-23H,3-5,7-8,10-11,13-15,17-18,26H2,1-2H3,(H,28,31)/t22?,23-/m1/s1. The van der Waals surface area contributed by atoms with Crippen molar-refractivity contribution in [3.8, 4) is 0 Å². The number of likely N-dealkylation sites (tertiary alicyclic amines) is 1. The first-order valence-corrected chi connectivity index (χ1v) is 12.4. The second kappa shape index (κ2) is 12.3. The summed E-state index contributed by atoms with van der Waals surface area (Å²) in [7, 11) is 0. The van der Waals surface area contributed by atoms with E-state index in [4.69, 9.17) is 5.73 Å². The van der Waals surface area contributed by atoms with Crippen molar-refractivity contribution >= 4 is 11.8 Å². The zero-order chi connectivity index (χ0) is 22.9. The minimum atomic E-state index is -0.478. The van der Waals surface area contributed by atoms with E-state index in [0.717, 1.165) is 25.4 Å². The second-order valence-electron chi connectivity index (χ2n) is 9.87. The molecule has 2 atom stereocenters. The fourth-order valence-corrected chi connectivity index (χ4v) is 5.28. The number of hydrogen-bond donors (Lipinski definition) is 2. The van der Waals surface area contributed by atoms with Gasteiger partial charge in [-0.15, -0.1) is 0 Å². The molecule has 7 heteroatoms.